The summed E-state index contributed by atoms with van der Waals surface area (Å²) in [6, 6.07) is 17.7. The molecule has 32 heavy (non-hydrogen) atoms. The third kappa shape index (κ3) is 3.46. The van der Waals surface area contributed by atoms with Crippen LogP contribution < -0.4 is 9.47 Å². The number of Topliss-reactive ketones (excluding diaryl/α,β-unsaturated/α-hetero) is 1. The normalized spacial score (nSPS) is 13.9. The Hall–Kier alpha value is -4.19. The van der Waals surface area contributed by atoms with Crippen LogP contribution in [-0.2, 0) is 6.54 Å². The van der Waals surface area contributed by atoms with E-state index in [1.807, 2.05) is 30.5 Å². The molecule has 158 valence electrons. The first-order valence-electron chi connectivity index (χ1n) is 10.2. The van der Waals surface area contributed by atoms with Crippen LogP contribution in [0, 0.1) is 5.82 Å². The highest BCUT2D eigenvalue weighted by Gasteiger charge is 2.28. The number of halogens is 1. The fourth-order valence-electron chi connectivity index (χ4n) is 3.78. The van der Waals surface area contributed by atoms with Crippen LogP contribution in [0.2, 0.25) is 0 Å². The van der Waals surface area contributed by atoms with Crippen LogP contribution in [-0.4, -0.2) is 16.3 Å². The van der Waals surface area contributed by atoms with E-state index < -0.39 is 11.8 Å². The molecule has 0 saturated carbocycles. The minimum absolute atomic E-state index is 0.209. The van der Waals surface area contributed by atoms with Gasteiger partial charge < -0.3 is 14.0 Å². The van der Waals surface area contributed by atoms with Gasteiger partial charge in [0.25, 0.3) is 0 Å². The molecule has 0 fully saturated rings. The Kier molecular flexibility index (Phi) is 4.82. The van der Waals surface area contributed by atoms with Crippen molar-refractivity contribution in [1.82, 2.24) is 4.57 Å². The van der Waals surface area contributed by atoms with E-state index in [0.717, 1.165) is 23.0 Å². The summed E-state index contributed by atoms with van der Waals surface area (Å²) < 4.78 is 26.3. The van der Waals surface area contributed by atoms with E-state index in [1.54, 1.807) is 12.1 Å². The molecule has 2 heterocycles. The second-order valence-electron chi connectivity index (χ2n) is 7.38. The van der Waals surface area contributed by atoms with Crippen molar-refractivity contribution in [2.45, 2.75) is 13.5 Å². The highest BCUT2D eigenvalue weighted by atomic mass is 19.1. The van der Waals surface area contributed by atoms with Crippen LogP contribution in [0.1, 0.15) is 33.2 Å². The van der Waals surface area contributed by atoms with Crippen molar-refractivity contribution in [1.29, 1.82) is 0 Å². The number of hydrogen-bond donors (Lipinski definition) is 0. The number of fused-ring (bicyclic) bond motifs is 2. The molecule has 0 atom stereocenters. The minimum Gasteiger partial charge on any atom is -0.452 e. The molecule has 6 heteroatoms. The number of carbonyl (C=O) groups excluding carboxylic acids is 2. The van der Waals surface area contributed by atoms with E-state index in [-0.39, 0.29) is 22.9 Å². The summed E-state index contributed by atoms with van der Waals surface area (Å²) in [7, 11) is 0. The summed E-state index contributed by atoms with van der Waals surface area (Å²) in [5.74, 6) is -0.532. The zero-order chi connectivity index (χ0) is 22.2. The average molecular weight is 427 g/mol. The summed E-state index contributed by atoms with van der Waals surface area (Å²) in [5.41, 5.74) is 2.59. The number of esters is 1. The van der Waals surface area contributed by atoms with Crippen molar-refractivity contribution in [2.24, 2.45) is 0 Å². The molecule has 4 aromatic rings. The van der Waals surface area contributed by atoms with E-state index in [0.29, 0.717) is 11.3 Å². The molecule has 0 bridgehead atoms. The van der Waals surface area contributed by atoms with Gasteiger partial charge in [-0.3, -0.25) is 4.79 Å². The van der Waals surface area contributed by atoms with Gasteiger partial charge in [-0.25, -0.2) is 9.18 Å². The molecule has 1 aliphatic rings. The first-order valence-corrected chi connectivity index (χ1v) is 10.2. The van der Waals surface area contributed by atoms with Crippen LogP contribution in [0.25, 0.3) is 17.0 Å². The standard InChI is InChI=1S/C26H18FNO4/c1-2-28-15-17(20-5-3-4-6-22(20)28)13-24-25(29)21-12-11-19(14-23(21)32-24)31-26(30)16-7-9-18(27)10-8-16/h3-15H,2H2,1H3. The second kappa shape index (κ2) is 7.81. The van der Waals surface area contributed by atoms with Gasteiger partial charge in [0.05, 0.1) is 11.1 Å². The summed E-state index contributed by atoms with van der Waals surface area (Å²) >= 11 is 0. The van der Waals surface area contributed by atoms with Gasteiger partial charge in [0.15, 0.2) is 5.76 Å². The molecule has 0 N–H and O–H groups in total. The van der Waals surface area contributed by atoms with Crippen molar-refractivity contribution in [3.8, 4) is 11.5 Å². The van der Waals surface area contributed by atoms with Gasteiger partial charge in [-0.15, -0.1) is 0 Å². The summed E-state index contributed by atoms with van der Waals surface area (Å²) in [4.78, 5) is 25.1. The lowest BCUT2D eigenvalue weighted by Gasteiger charge is -2.05. The number of ketones is 1. The number of rotatable bonds is 4. The molecule has 0 spiro atoms. The van der Waals surface area contributed by atoms with E-state index in [1.165, 1.54) is 36.4 Å². The number of para-hydroxylation sites is 1. The third-order valence-electron chi connectivity index (χ3n) is 5.38. The molecular formula is C26H18FNO4. The summed E-state index contributed by atoms with van der Waals surface area (Å²) in [5, 5.41) is 1.03. The van der Waals surface area contributed by atoms with E-state index in [9.17, 15) is 14.0 Å². The van der Waals surface area contributed by atoms with Gasteiger partial charge in [0.1, 0.15) is 17.3 Å². The fraction of sp³-hybridized carbons (Fsp3) is 0.0769. The lowest BCUT2D eigenvalue weighted by molar-refractivity contribution is 0.0734. The van der Waals surface area contributed by atoms with E-state index in [4.69, 9.17) is 9.47 Å². The number of carbonyl (C=O) groups is 2. The zero-order valence-electron chi connectivity index (χ0n) is 17.2. The van der Waals surface area contributed by atoms with Gasteiger partial charge in [-0.05, 0) is 55.5 Å². The van der Waals surface area contributed by atoms with Crippen molar-refractivity contribution < 1.29 is 23.5 Å². The van der Waals surface area contributed by atoms with Gasteiger partial charge >= 0.3 is 5.97 Å². The first-order chi connectivity index (χ1) is 15.5. The molecule has 0 unspecified atom stereocenters. The fourth-order valence-corrected chi connectivity index (χ4v) is 3.78. The second-order valence-corrected chi connectivity index (χ2v) is 7.38. The van der Waals surface area contributed by atoms with Crippen LogP contribution in [0.4, 0.5) is 4.39 Å². The topological polar surface area (TPSA) is 57.5 Å². The summed E-state index contributed by atoms with van der Waals surface area (Å²) in [6.07, 6.45) is 3.73. The van der Waals surface area contributed by atoms with Crippen molar-refractivity contribution in [3.63, 3.8) is 0 Å². The van der Waals surface area contributed by atoms with Gasteiger partial charge in [-0.1, -0.05) is 18.2 Å². The van der Waals surface area contributed by atoms with Crippen LogP contribution in [0.15, 0.2) is 78.7 Å². The lowest BCUT2D eigenvalue weighted by Crippen LogP contribution is -2.08. The number of allylic oxidation sites excluding steroid dienone is 1. The number of hydrogen-bond acceptors (Lipinski definition) is 4. The molecule has 0 aliphatic carbocycles. The Balaban J connectivity index is 1.42. The van der Waals surface area contributed by atoms with Crippen LogP contribution >= 0.6 is 0 Å². The number of aryl methyl sites for hydroxylation is 1. The first kappa shape index (κ1) is 19.8. The maximum atomic E-state index is 13.1. The van der Waals surface area contributed by atoms with Gasteiger partial charge in [0, 0.05) is 35.3 Å². The predicted octanol–water partition coefficient (Wildman–Crippen LogP) is 5.64. The third-order valence-corrected chi connectivity index (χ3v) is 5.38. The Morgan fingerprint density at radius 2 is 1.88 bits per heavy atom. The largest absolute Gasteiger partial charge is 0.452 e. The van der Waals surface area contributed by atoms with Gasteiger partial charge in [0.2, 0.25) is 5.78 Å². The van der Waals surface area contributed by atoms with Crippen molar-refractivity contribution in [3.05, 3.63) is 101 Å². The Labute approximate surface area is 183 Å². The highest BCUT2D eigenvalue weighted by molar-refractivity contribution is 6.15. The van der Waals surface area contributed by atoms with Crippen LogP contribution in [0.3, 0.4) is 0 Å². The molecule has 5 nitrogen and oxygen atoms in total. The smallest absolute Gasteiger partial charge is 0.343 e. The Morgan fingerprint density at radius 3 is 2.66 bits per heavy atom. The number of aromatic nitrogens is 1. The maximum absolute atomic E-state index is 13.1. The number of nitrogens with zero attached hydrogens (tertiary/aromatic N) is 1. The minimum atomic E-state index is -0.627. The average Bonchev–Trinajstić information content (AvgIpc) is 3.31. The van der Waals surface area contributed by atoms with E-state index in [2.05, 4.69) is 11.5 Å². The van der Waals surface area contributed by atoms with Crippen molar-refractivity contribution in [2.75, 3.05) is 0 Å². The summed E-state index contributed by atoms with van der Waals surface area (Å²) in [6.45, 7) is 2.87. The van der Waals surface area contributed by atoms with E-state index >= 15 is 0 Å². The molecule has 0 radical (unpaired) electrons. The Morgan fingerprint density at radius 1 is 1.09 bits per heavy atom. The number of ether oxygens (including phenoxy) is 2. The molecule has 1 aliphatic heterocycles. The highest BCUT2D eigenvalue weighted by Crippen LogP contribution is 2.36. The predicted molar refractivity (Wildman–Crippen MR) is 118 cm³/mol. The molecule has 0 saturated heterocycles. The van der Waals surface area contributed by atoms with Crippen molar-refractivity contribution >= 4 is 28.7 Å². The maximum Gasteiger partial charge on any atom is 0.343 e. The lowest BCUT2D eigenvalue weighted by atomic mass is 10.1. The molecule has 1 aromatic heterocycles. The van der Waals surface area contributed by atoms with Gasteiger partial charge in [-0.2, -0.15) is 0 Å². The molecule has 3 aromatic carbocycles. The number of benzene rings is 3. The van der Waals surface area contributed by atoms with Crippen LogP contribution in [0.5, 0.6) is 11.5 Å². The Bertz CT molecular complexity index is 1400. The zero-order valence-corrected chi connectivity index (χ0v) is 17.2. The molecule has 0 amide bonds. The monoisotopic (exact) mass is 427 g/mol. The molecular weight excluding hydrogens is 409 g/mol. The quantitative estimate of drug-likeness (QED) is 0.240. The molecule has 5 rings (SSSR count). The SMILES string of the molecule is CCn1cc(C=C2Oc3cc(OC(=O)c4ccc(F)cc4)ccc3C2=O)c2ccccc21.